The van der Waals surface area contributed by atoms with Crippen LogP contribution >= 0.6 is 12.4 Å². The number of methoxy groups -OCH3 is 1. The fraction of sp³-hybridized carbons (Fsp3) is 0.263. The van der Waals surface area contributed by atoms with Crippen LogP contribution in [0.4, 0.5) is 5.69 Å². The van der Waals surface area contributed by atoms with Crippen molar-refractivity contribution in [2.75, 3.05) is 25.9 Å². The molecule has 0 aliphatic heterocycles. The van der Waals surface area contributed by atoms with E-state index in [9.17, 15) is 9.59 Å². The van der Waals surface area contributed by atoms with Gasteiger partial charge in [-0.2, -0.15) is 0 Å². The van der Waals surface area contributed by atoms with E-state index in [2.05, 4.69) is 10.6 Å². The van der Waals surface area contributed by atoms with E-state index in [1.54, 1.807) is 31.4 Å². The number of nitrogens with two attached hydrogens (primary N) is 1. The number of carbonyl (C=O) groups is 2. The van der Waals surface area contributed by atoms with Crippen molar-refractivity contribution in [3.63, 3.8) is 0 Å². The van der Waals surface area contributed by atoms with Crippen LogP contribution in [0.15, 0.2) is 48.5 Å². The summed E-state index contributed by atoms with van der Waals surface area (Å²) < 4.78 is 5.09. The molecule has 0 unspecified atom stereocenters. The number of hydrogen-bond donors (Lipinski definition) is 3. The highest BCUT2D eigenvalue weighted by Crippen LogP contribution is 2.13. The molecule has 0 aromatic heterocycles. The molecule has 0 fully saturated rings. The maximum absolute atomic E-state index is 12.0. The molecule has 7 heteroatoms. The number of nitrogen functional groups attached to an aromatic ring is 1. The average molecular weight is 378 g/mol. The summed E-state index contributed by atoms with van der Waals surface area (Å²) in [6.07, 6.45) is 0.951. The van der Waals surface area contributed by atoms with Crippen LogP contribution in [0.3, 0.4) is 0 Å². The third-order valence-corrected chi connectivity index (χ3v) is 3.74. The standard InChI is InChI=1S/C19H23N3O3.ClH/c1-25-16-7-4-6-15(13-16)19(24)22-12-11-21-18(23)10-9-14-5-2-3-8-17(14)20;/h2-8,13H,9-12,20H2,1H3,(H,21,23)(H,22,24);1H. The first kappa shape index (κ1) is 21.3. The molecular weight excluding hydrogens is 354 g/mol. The molecule has 0 spiro atoms. The van der Waals surface area contributed by atoms with E-state index in [1.807, 2.05) is 24.3 Å². The van der Waals surface area contributed by atoms with Crippen LogP contribution < -0.4 is 21.1 Å². The van der Waals surface area contributed by atoms with Gasteiger partial charge >= 0.3 is 0 Å². The van der Waals surface area contributed by atoms with E-state index < -0.39 is 0 Å². The number of anilines is 1. The van der Waals surface area contributed by atoms with Gasteiger partial charge in [-0.25, -0.2) is 0 Å². The Morgan fingerprint density at radius 3 is 2.50 bits per heavy atom. The predicted octanol–water partition coefficient (Wildman–Crippen LogP) is 2.18. The molecule has 0 atom stereocenters. The lowest BCUT2D eigenvalue weighted by molar-refractivity contribution is -0.121. The minimum absolute atomic E-state index is 0. The Balaban J connectivity index is 0.00000338. The minimum atomic E-state index is -0.204. The van der Waals surface area contributed by atoms with Crippen LogP contribution in [0, 0.1) is 0 Å². The smallest absolute Gasteiger partial charge is 0.251 e. The molecule has 2 aromatic carbocycles. The maximum Gasteiger partial charge on any atom is 0.251 e. The summed E-state index contributed by atoms with van der Waals surface area (Å²) in [5.74, 6) is 0.352. The molecule has 26 heavy (non-hydrogen) atoms. The van der Waals surface area contributed by atoms with Crippen LogP contribution in [0.5, 0.6) is 5.75 Å². The zero-order chi connectivity index (χ0) is 18.1. The lowest BCUT2D eigenvalue weighted by atomic mass is 10.1. The number of halogens is 1. The van der Waals surface area contributed by atoms with Crippen molar-refractivity contribution in [2.45, 2.75) is 12.8 Å². The Morgan fingerprint density at radius 1 is 1.04 bits per heavy atom. The summed E-state index contributed by atoms with van der Waals surface area (Å²) in [6, 6.07) is 14.4. The second-order valence-corrected chi connectivity index (χ2v) is 5.54. The van der Waals surface area contributed by atoms with E-state index in [1.165, 1.54) is 0 Å². The second-order valence-electron chi connectivity index (χ2n) is 5.54. The van der Waals surface area contributed by atoms with Crippen LogP contribution in [0.25, 0.3) is 0 Å². The first-order chi connectivity index (χ1) is 12.1. The molecule has 2 aromatic rings. The Kier molecular flexibility index (Phi) is 9.01. The van der Waals surface area contributed by atoms with Crippen molar-refractivity contribution in [3.8, 4) is 5.75 Å². The van der Waals surface area contributed by atoms with Gasteiger partial charge in [0, 0.05) is 30.8 Å². The Labute approximate surface area is 159 Å². The number of amides is 2. The van der Waals surface area contributed by atoms with Gasteiger partial charge in [0.25, 0.3) is 5.91 Å². The highest BCUT2D eigenvalue weighted by molar-refractivity contribution is 5.94. The highest BCUT2D eigenvalue weighted by atomic mass is 35.5. The molecule has 0 saturated carbocycles. The molecule has 2 rings (SSSR count). The van der Waals surface area contributed by atoms with Crippen LogP contribution in [0.2, 0.25) is 0 Å². The topological polar surface area (TPSA) is 93.5 Å². The fourth-order valence-electron chi connectivity index (χ4n) is 2.34. The number of carbonyl (C=O) groups excluding carboxylic acids is 2. The minimum Gasteiger partial charge on any atom is -0.497 e. The SMILES string of the molecule is COc1cccc(C(=O)NCCNC(=O)CCc2ccccc2N)c1.Cl. The average Bonchev–Trinajstić information content (AvgIpc) is 2.64. The van der Waals surface area contributed by atoms with Gasteiger partial charge in [0.1, 0.15) is 5.75 Å². The molecule has 2 amide bonds. The van der Waals surface area contributed by atoms with Crippen molar-refractivity contribution >= 4 is 29.9 Å². The Bertz CT molecular complexity index is 737. The molecule has 140 valence electrons. The molecular formula is C19H24ClN3O3. The summed E-state index contributed by atoms with van der Waals surface area (Å²) >= 11 is 0. The Morgan fingerprint density at radius 2 is 1.77 bits per heavy atom. The number of benzene rings is 2. The number of para-hydroxylation sites is 1. The van der Waals surface area contributed by atoms with Gasteiger partial charge in [0.05, 0.1) is 7.11 Å². The van der Waals surface area contributed by atoms with Gasteiger partial charge in [-0.15, -0.1) is 12.4 Å². The first-order valence-electron chi connectivity index (χ1n) is 8.12. The summed E-state index contributed by atoms with van der Waals surface area (Å²) in [6.45, 7) is 0.730. The zero-order valence-electron chi connectivity index (χ0n) is 14.7. The number of rotatable bonds is 8. The monoisotopic (exact) mass is 377 g/mol. The number of hydrogen-bond acceptors (Lipinski definition) is 4. The van der Waals surface area contributed by atoms with Crippen LogP contribution in [-0.2, 0) is 11.2 Å². The van der Waals surface area contributed by atoms with Gasteiger partial charge in [0.2, 0.25) is 5.91 Å². The van der Waals surface area contributed by atoms with Crippen molar-refractivity contribution in [1.82, 2.24) is 10.6 Å². The van der Waals surface area contributed by atoms with Gasteiger partial charge in [-0.1, -0.05) is 24.3 Å². The largest absolute Gasteiger partial charge is 0.497 e. The quantitative estimate of drug-likeness (QED) is 0.485. The Hall–Kier alpha value is -2.73. The lowest BCUT2D eigenvalue weighted by Gasteiger charge is -2.09. The van der Waals surface area contributed by atoms with E-state index in [-0.39, 0.29) is 24.2 Å². The number of aryl methyl sites for hydroxylation is 1. The number of nitrogens with one attached hydrogen (secondary N) is 2. The maximum atomic E-state index is 12.0. The zero-order valence-corrected chi connectivity index (χ0v) is 15.5. The molecule has 0 heterocycles. The van der Waals surface area contributed by atoms with Gasteiger partial charge in [0.15, 0.2) is 0 Å². The summed E-state index contributed by atoms with van der Waals surface area (Å²) in [5, 5.41) is 5.54. The molecule has 0 radical (unpaired) electrons. The summed E-state index contributed by atoms with van der Waals surface area (Å²) in [5.41, 5.74) is 8.03. The summed E-state index contributed by atoms with van der Waals surface area (Å²) in [7, 11) is 1.55. The molecule has 6 nitrogen and oxygen atoms in total. The van der Waals surface area contributed by atoms with E-state index >= 15 is 0 Å². The molecule has 0 bridgehead atoms. The van der Waals surface area contributed by atoms with Gasteiger partial charge in [-0.3, -0.25) is 9.59 Å². The second kappa shape index (κ2) is 11.0. The van der Waals surface area contributed by atoms with Gasteiger partial charge < -0.3 is 21.1 Å². The lowest BCUT2D eigenvalue weighted by Crippen LogP contribution is -2.34. The van der Waals surface area contributed by atoms with Crippen molar-refractivity contribution in [3.05, 3.63) is 59.7 Å². The molecule has 0 aliphatic rings. The van der Waals surface area contributed by atoms with E-state index in [4.69, 9.17) is 10.5 Å². The third-order valence-electron chi connectivity index (χ3n) is 3.74. The molecule has 0 saturated heterocycles. The third kappa shape index (κ3) is 6.64. The predicted molar refractivity (Wildman–Crippen MR) is 105 cm³/mol. The van der Waals surface area contributed by atoms with E-state index in [0.717, 1.165) is 5.56 Å². The molecule has 4 N–H and O–H groups in total. The highest BCUT2D eigenvalue weighted by Gasteiger charge is 2.07. The first-order valence-corrected chi connectivity index (χ1v) is 8.12. The fourth-order valence-corrected chi connectivity index (χ4v) is 2.34. The van der Waals surface area contributed by atoms with Crippen molar-refractivity contribution in [2.24, 2.45) is 0 Å². The molecule has 0 aliphatic carbocycles. The van der Waals surface area contributed by atoms with Crippen molar-refractivity contribution in [1.29, 1.82) is 0 Å². The van der Waals surface area contributed by atoms with E-state index in [0.29, 0.717) is 42.9 Å². The number of ether oxygens (including phenoxy) is 1. The summed E-state index contributed by atoms with van der Waals surface area (Å²) in [4.78, 5) is 23.9. The normalized spacial score (nSPS) is 9.73. The van der Waals surface area contributed by atoms with Crippen molar-refractivity contribution < 1.29 is 14.3 Å². The van der Waals surface area contributed by atoms with Crippen LogP contribution in [-0.4, -0.2) is 32.0 Å². The van der Waals surface area contributed by atoms with Crippen LogP contribution in [0.1, 0.15) is 22.3 Å². The van der Waals surface area contributed by atoms with Gasteiger partial charge in [-0.05, 0) is 36.2 Å².